The van der Waals surface area contributed by atoms with Crippen LogP contribution in [-0.2, 0) is 0 Å². The zero-order valence-electron chi connectivity index (χ0n) is 12.3. The van der Waals surface area contributed by atoms with Crippen LogP contribution < -0.4 is 10.2 Å². The van der Waals surface area contributed by atoms with Crippen LogP contribution in [0.2, 0.25) is 0 Å². The molecule has 1 saturated heterocycles. The molecule has 0 aliphatic carbocycles. The minimum atomic E-state index is 0.206. The molecule has 4 heteroatoms. The molecule has 0 bridgehead atoms. The first-order valence-electron chi connectivity index (χ1n) is 6.82. The molecule has 1 aliphatic rings. The van der Waals surface area contributed by atoms with Crippen molar-refractivity contribution in [1.82, 2.24) is 10.2 Å². The van der Waals surface area contributed by atoms with Crippen LogP contribution in [0.25, 0.3) is 0 Å². The van der Waals surface area contributed by atoms with E-state index in [0.717, 1.165) is 24.1 Å². The third kappa shape index (κ3) is 3.30. The molecule has 0 saturated carbocycles. The summed E-state index contributed by atoms with van der Waals surface area (Å²) in [6, 6.07) is 9.17. The van der Waals surface area contributed by atoms with Crippen molar-refractivity contribution in [2.24, 2.45) is 0 Å². The molecule has 0 aromatic heterocycles. The number of nitrogens with one attached hydrogen (secondary N) is 1. The molecule has 3 nitrogen and oxygen atoms in total. The summed E-state index contributed by atoms with van der Waals surface area (Å²) in [4.78, 5) is 4.99. The van der Waals surface area contributed by atoms with E-state index in [1.54, 1.807) is 0 Å². The van der Waals surface area contributed by atoms with Gasteiger partial charge in [0.15, 0.2) is 0 Å². The Morgan fingerprint density at radius 1 is 1.32 bits per heavy atom. The lowest BCUT2D eigenvalue weighted by Gasteiger charge is -2.50. The number of hydrogen-bond donors (Lipinski definition) is 1. The number of nitrogens with zero attached hydrogens (tertiary/aromatic N) is 2. The third-order valence-corrected chi connectivity index (χ3v) is 4.64. The molecule has 19 heavy (non-hydrogen) atoms. The Hall–Kier alpha value is -0.580. The summed E-state index contributed by atoms with van der Waals surface area (Å²) in [5, 5.41) is 3.32. The zero-order valence-corrected chi connectivity index (χ0v) is 13.9. The lowest BCUT2D eigenvalue weighted by atomic mass is 9.95. The van der Waals surface area contributed by atoms with Crippen molar-refractivity contribution >= 4 is 21.6 Å². The predicted octanol–water partition coefficient (Wildman–Crippen LogP) is 2.57. The maximum Gasteiger partial charge on any atom is 0.0542 e. The zero-order chi connectivity index (χ0) is 14.0. The lowest BCUT2D eigenvalue weighted by Crippen LogP contribution is -2.64. The van der Waals surface area contributed by atoms with Gasteiger partial charge in [-0.2, -0.15) is 0 Å². The second-order valence-electron chi connectivity index (χ2n) is 6.01. The van der Waals surface area contributed by atoms with E-state index in [9.17, 15) is 0 Å². The highest BCUT2D eigenvalue weighted by Crippen LogP contribution is 2.28. The van der Waals surface area contributed by atoms with E-state index in [0.29, 0.717) is 6.04 Å². The fourth-order valence-electron chi connectivity index (χ4n) is 2.67. The van der Waals surface area contributed by atoms with Gasteiger partial charge in [0, 0.05) is 35.3 Å². The van der Waals surface area contributed by atoms with Crippen LogP contribution in [0.15, 0.2) is 28.7 Å². The number of anilines is 1. The van der Waals surface area contributed by atoms with E-state index in [1.165, 1.54) is 5.69 Å². The molecule has 1 fully saturated rings. The summed E-state index contributed by atoms with van der Waals surface area (Å²) in [6.07, 6.45) is 0. The maximum absolute atomic E-state index is 3.51. The Bertz CT molecular complexity index is 416. The molecular formula is C15H24BrN3. The Kier molecular flexibility index (Phi) is 4.54. The number of benzene rings is 1. The van der Waals surface area contributed by atoms with Crippen molar-refractivity contribution in [2.75, 3.05) is 38.6 Å². The van der Waals surface area contributed by atoms with Gasteiger partial charge in [-0.05, 0) is 52.2 Å². The molecule has 106 valence electrons. The molecule has 1 N–H and O–H groups in total. The Balaban J connectivity index is 2.25. The average Bonchev–Trinajstić information content (AvgIpc) is 2.35. The maximum atomic E-state index is 3.51. The van der Waals surface area contributed by atoms with Crippen LogP contribution in [0.1, 0.15) is 13.8 Å². The fourth-order valence-corrected chi connectivity index (χ4v) is 2.94. The highest BCUT2D eigenvalue weighted by atomic mass is 79.9. The fraction of sp³-hybridized carbons (Fsp3) is 0.600. The topological polar surface area (TPSA) is 18.5 Å². The van der Waals surface area contributed by atoms with Crippen LogP contribution in [0.4, 0.5) is 5.69 Å². The normalized spacial score (nSPS) is 23.6. The van der Waals surface area contributed by atoms with Crippen LogP contribution in [0.3, 0.4) is 0 Å². The minimum Gasteiger partial charge on any atom is -0.364 e. The van der Waals surface area contributed by atoms with Gasteiger partial charge in [-0.15, -0.1) is 0 Å². The van der Waals surface area contributed by atoms with E-state index in [4.69, 9.17) is 0 Å². The number of likely N-dealkylation sites (N-methyl/N-ethyl adjacent to an activating group) is 2. The van der Waals surface area contributed by atoms with Crippen LogP contribution in [0.5, 0.6) is 0 Å². The molecule has 1 aliphatic heterocycles. The van der Waals surface area contributed by atoms with Gasteiger partial charge < -0.3 is 10.2 Å². The van der Waals surface area contributed by atoms with Crippen molar-refractivity contribution in [1.29, 1.82) is 0 Å². The largest absolute Gasteiger partial charge is 0.364 e. The van der Waals surface area contributed by atoms with E-state index < -0.39 is 0 Å². The second-order valence-corrected chi connectivity index (χ2v) is 6.92. The molecule has 1 unspecified atom stereocenters. The van der Waals surface area contributed by atoms with Crippen LogP contribution >= 0.6 is 15.9 Å². The van der Waals surface area contributed by atoms with E-state index in [-0.39, 0.29) is 5.54 Å². The molecule has 0 spiro atoms. The van der Waals surface area contributed by atoms with Gasteiger partial charge in [0.1, 0.15) is 0 Å². The summed E-state index contributed by atoms with van der Waals surface area (Å²) >= 11 is 3.51. The third-order valence-electron chi connectivity index (χ3n) is 4.11. The van der Waals surface area contributed by atoms with E-state index >= 15 is 0 Å². The molecule has 1 aromatic rings. The van der Waals surface area contributed by atoms with Gasteiger partial charge in [-0.25, -0.2) is 0 Å². The van der Waals surface area contributed by atoms with E-state index in [2.05, 4.69) is 76.2 Å². The quantitative estimate of drug-likeness (QED) is 0.921. The molecule has 1 aromatic carbocycles. The monoisotopic (exact) mass is 325 g/mol. The van der Waals surface area contributed by atoms with Gasteiger partial charge >= 0.3 is 0 Å². The summed E-state index contributed by atoms with van der Waals surface area (Å²) in [5.74, 6) is 0. The SMILES string of the molecule is CNCC1CN(C)C(C)(C)CN1c1ccc(Br)cc1. The number of piperazine rings is 1. The predicted molar refractivity (Wildman–Crippen MR) is 85.9 cm³/mol. The molecule has 1 atom stereocenters. The standard InChI is InChI=1S/C15H24BrN3/c1-15(2)11-19(13-7-5-12(16)6-8-13)14(9-17-3)10-18(15)4/h5-8,14,17H,9-11H2,1-4H3. The van der Waals surface area contributed by atoms with Crippen molar-refractivity contribution < 1.29 is 0 Å². The van der Waals surface area contributed by atoms with E-state index in [1.807, 2.05) is 7.05 Å². The van der Waals surface area contributed by atoms with Crippen LogP contribution in [0, 0.1) is 0 Å². The van der Waals surface area contributed by atoms with Crippen molar-refractivity contribution in [2.45, 2.75) is 25.4 Å². The summed E-state index contributed by atoms with van der Waals surface area (Å²) in [7, 11) is 4.25. The highest BCUT2D eigenvalue weighted by Gasteiger charge is 2.36. The smallest absolute Gasteiger partial charge is 0.0542 e. The van der Waals surface area contributed by atoms with Crippen molar-refractivity contribution in [3.63, 3.8) is 0 Å². The highest BCUT2D eigenvalue weighted by molar-refractivity contribution is 9.10. The number of halogens is 1. The summed E-state index contributed by atoms with van der Waals surface area (Å²) in [5.41, 5.74) is 1.52. The number of rotatable bonds is 3. The molecule has 0 radical (unpaired) electrons. The first kappa shape index (κ1) is 14.8. The molecule has 0 amide bonds. The van der Waals surface area contributed by atoms with Gasteiger partial charge in [0.05, 0.1) is 6.04 Å². The average molecular weight is 326 g/mol. The molecule has 1 heterocycles. The minimum absolute atomic E-state index is 0.206. The summed E-state index contributed by atoms with van der Waals surface area (Å²) < 4.78 is 1.13. The van der Waals surface area contributed by atoms with Gasteiger partial charge in [0.2, 0.25) is 0 Å². The first-order chi connectivity index (χ1) is 8.94. The van der Waals surface area contributed by atoms with Gasteiger partial charge in [0.25, 0.3) is 0 Å². The second kappa shape index (κ2) is 5.81. The van der Waals surface area contributed by atoms with Gasteiger partial charge in [-0.1, -0.05) is 15.9 Å². The Morgan fingerprint density at radius 3 is 2.53 bits per heavy atom. The van der Waals surface area contributed by atoms with Crippen LogP contribution in [-0.4, -0.2) is 50.2 Å². The van der Waals surface area contributed by atoms with Gasteiger partial charge in [-0.3, -0.25) is 4.90 Å². The molecule has 2 rings (SSSR count). The lowest BCUT2D eigenvalue weighted by molar-refractivity contribution is 0.115. The molecular weight excluding hydrogens is 302 g/mol. The van der Waals surface area contributed by atoms with Crippen molar-refractivity contribution in [3.8, 4) is 0 Å². The summed E-state index contributed by atoms with van der Waals surface area (Å²) in [6.45, 7) is 7.78. The first-order valence-corrected chi connectivity index (χ1v) is 7.61. The Labute approximate surface area is 125 Å². The number of hydrogen-bond acceptors (Lipinski definition) is 3. The Morgan fingerprint density at radius 2 is 1.95 bits per heavy atom. The van der Waals surface area contributed by atoms with Crippen molar-refractivity contribution in [3.05, 3.63) is 28.7 Å².